The van der Waals surface area contributed by atoms with Crippen molar-refractivity contribution in [1.29, 1.82) is 0 Å². The maximum atomic E-state index is 9.24. The average molecular weight is 206 g/mol. The first kappa shape index (κ1) is 10.6. The van der Waals surface area contributed by atoms with Crippen molar-refractivity contribution in [3.05, 3.63) is 34.9 Å². The molecule has 1 aromatic rings. The Morgan fingerprint density at radius 2 is 2.13 bits per heavy atom. The number of aryl methyl sites for hydroxylation is 2. The minimum Gasteiger partial charge on any atom is -0.396 e. The SMILES string of the molecule is Cc1ccc(C2NNCC2CO)cc1C. The van der Waals surface area contributed by atoms with Crippen LogP contribution >= 0.6 is 0 Å². The highest BCUT2D eigenvalue weighted by atomic mass is 16.3. The number of benzene rings is 1. The lowest BCUT2D eigenvalue weighted by Gasteiger charge is -2.17. The second-order valence-electron chi connectivity index (χ2n) is 4.29. The number of hydrogen-bond acceptors (Lipinski definition) is 3. The standard InChI is InChI=1S/C12H18N2O/c1-8-3-4-10(5-9(8)2)12-11(7-15)6-13-14-12/h3-5,11-15H,6-7H2,1-2H3. The quantitative estimate of drug-likeness (QED) is 0.678. The Kier molecular flexibility index (Phi) is 3.05. The third kappa shape index (κ3) is 2.04. The van der Waals surface area contributed by atoms with Gasteiger partial charge in [0.15, 0.2) is 0 Å². The average Bonchev–Trinajstić information content (AvgIpc) is 2.70. The van der Waals surface area contributed by atoms with E-state index in [1.54, 1.807) is 0 Å². The summed E-state index contributed by atoms with van der Waals surface area (Å²) in [5.41, 5.74) is 10.2. The van der Waals surface area contributed by atoms with Crippen LogP contribution in [0.15, 0.2) is 18.2 Å². The maximum absolute atomic E-state index is 9.24. The number of hydrogen-bond donors (Lipinski definition) is 3. The Morgan fingerprint density at radius 3 is 2.80 bits per heavy atom. The van der Waals surface area contributed by atoms with Crippen LogP contribution in [0.1, 0.15) is 22.7 Å². The molecule has 1 aliphatic heterocycles. The first-order valence-electron chi connectivity index (χ1n) is 5.38. The Morgan fingerprint density at radius 1 is 1.33 bits per heavy atom. The van der Waals surface area contributed by atoms with Gasteiger partial charge in [0.2, 0.25) is 0 Å². The summed E-state index contributed by atoms with van der Waals surface area (Å²) in [6.45, 7) is 5.28. The van der Waals surface area contributed by atoms with Crippen molar-refractivity contribution in [2.24, 2.45) is 5.92 Å². The monoisotopic (exact) mass is 206 g/mol. The molecular weight excluding hydrogens is 188 g/mol. The molecule has 1 saturated heterocycles. The number of rotatable bonds is 2. The summed E-state index contributed by atoms with van der Waals surface area (Å²) in [6, 6.07) is 6.70. The molecule has 2 unspecified atom stereocenters. The smallest absolute Gasteiger partial charge is 0.0525 e. The van der Waals surface area contributed by atoms with Crippen LogP contribution < -0.4 is 10.9 Å². The summed E-state index contributed by atoms with van der Waals surface area (Å²) in [5.74, 6) is 0.270. The normalized spacial score (nSPS) is 25.8. The molecule has 0 saturated carbocycles. The van der Waals surface area contributed by atoms with Crippen LogP contribution in [0.4, 0.5) is 0 Å². The summed E-state index contributed by atoms with van der Waals surface area (Å²) >= 11 is 0. The fourth-order valence-electron chi connectivity index (χ4n) is 2.02. The van der Waals surface area contributed by atoms with Crippen LogP contribution in [-0.2, 0) is 0 Å². The van der Waals surface area contributed by atoms with Crippen LogP contribution in [0.2, 0.25) is 0 Å². The van der Waals surface area contributed by atoms with Crippen molar-refractivity contribution in [3.8, 4) is 0 Å². The Balaban J connectivity index is 2.25. The van der Waals surface area contributed by atoms with E-state index in [-0.39, 0.29) is 18.6 Å². The molecule has 82 valence electrons. The fraction of sp³-hybridized carbons (Fsp3) is 0.500. The molecule has 2 atom stereocenters. The maximum Gasteiger partial charge on any atom is 0.0525 e. The topological polar surface area (TPSA) is 44.3 Å². The highest BCUT2D eigenvalue weighted by Gasteiger charge is 2.27. The molecule has 15 heavy (non-hydrogen) atoms. The van der Waals surface area contributed by atoms with E-state index in [2.05, 4.69) is 42.9 Å². The minimum absolute atomic E-state index is 0.220. The molecule has 0 radical (unpaired) electrons. The summed E-state index contributed by atoms with van der Waals surface area (Å²) < 4.78 is 0. The highest BCUT2D eigenvalue weighted by Crippen LogP contribution is 2.25. The summed E-state index contributed by atoms with van der Waals surface area (Å²) in [4.78, 5) is 0. The van der Waals surface area contributed by atoms with Crippen molar-refractivity contribution in [3.63, 3.8) is 0 Å². The van der Waals surface area contributed by atoms with E-state index in [1.165, 1.54) is 16.7 Å². The Labute approximate surface area is 90.5 Å². The van der Waals surface area contributed by atoms with E-state index >= 15 is 0 Å². The number of hydrazine groups is 1. The van der Waals surface area contributed by atoms with Crippen molar-refractivity contribution in [1.82, 2.24) is 10.9 Å². The predicted octanol–water partition coefficient (Wildman–Crippen LogP) is 1.06. The molecule has 3 heteroatoms. The second kappa shape index (κ2) is 4.31. The lowest BCUT2D eigenvalue weighted by molar-refractivity contribution is 0.222. The van der Waals surface area contributed by atoms with Crippen molar-refractivity contribution in [2.75, 3.05) is 13.2 Å². The van der Waals surface area contributed by atoms with Gasteiger partial charge in [-0.05, 0) is 30.5 Å². The van der Waals surface area contributed by atoms with E-state index in [1.807, 2.05) is 0 Å². The lowest BCUT2D eigenvalue weighted by atomic mass is 9.93. The number of nitrogens with one attached hydrogen (secondary N) is 2. The van der Waals surface area contributed by atoms with E-state index in [0.717, 1.165) is 6.54 Å². The molecule has 1 heterocycles. The molecule has 0 amide bonds. The molecule has 3 nitrogen and oxygen atoms in total. The molecule has 0 aliphatic carbocycles. The molecule has 2 rings (SSSR count). The van der Waals surface area contributed by atoms with Gasteiger partial charge < -0.3 is 5.11 Å². The van der Waals surface area contributed by atoms with Crippen LogP contribution in [0.3, 0.4) is 0 Å². The third-order valence-corrected chi connectivity index (χ3v) is 3.22. The third-order valence-electron chi connectivity index (χ3n) is 3.22. The van der Waals surface area contributed by atoms with Gasteiger partial charge in [-0.25, -0.2) is 5.43 Å². The van der Waals surface area contributed by atoms with Gasteiger partial charge in [0.25, 0.3) is 0 Å². The molecule has 0 bridgehead atoms. The Bertz CT molecular complexity index is 351. The molecule has 1 fully saturated rings. The van der Waals surface area contributed by atoms with Gasteiger partial charge in [-0.15, -0.1) is 0 Å². The molecule has 1 aromatic carbocycles. The van der Waals surface area contributed by atoms with Gasteiger partial charge >= 0.3 is 0 Å². The molecule has 3 N–H and O–H groups in total. The zero-order chi connectivity index (χ0) is 10.8. The van der Waals surface area contributed by atoms with Crippen molar-refractivity contribution >= 4 is 0 Å². The van der Waals surface area contributed by atoms with Gasteiger partial charge in [0.05, 0.1) is 6.04 Å². The number of aliphatic hydroxyl groups excluding tert-OH is 1. The van der Waals surface area contributed by atoms with E-state index in [4.69, 9.17) is 0 Å². The number of aliphatic hydroxyl groups is 1. The molecular formula is C12H18N2O. The van der Waals surface area contributed by atoms with Crippen LogP contribution in [0.25, 0.3) is 0 Å². The van der Waals surface area contributed by atoms with Crippen molar-refractivity contribution < 1.29 is 5.11 Å². The Hall–Kier alpha value is -0.900. The van der Waals surface area contributed by atoms with Gasteiger partial charge in [0.1, 0.15) is 0 Å². The van der Waals surface area contributed by atoms with E-state index in [0.29, 0.717) is 0 Å². The van der Waals surface area contributed by atoms with Crippen molar-refractivity contribution in [2.45, 2.75) is 19.9 Å². The molecule has 0 spiro atoms. The largest absolute Gasteiger partial charge is 0.396 e. The van der Waals surface area contributed by atoms with Crippen LogP contribution in [-0.4, -0.2) is 18.3 Å². The summed E-state index contributed by atoms with van der Waals surface area (Å²) in [7, 11) is 0. The van der Waals surface area contributed by atoms with Gasteiger partial charge in [-0.1, -0.05) is 18.2 Å². The van der Waals surface area contributed by atoms with Crippen LogP contribution in [0.5, 0.6) is 0 Å². The second-order valence-corrected chi connectivity index (χ2v) is 4.29. The van der Waals surface area contributed by atoms with Gasteiger partial charge in [-0.3, -0.25) is 5.43 Å². The zero-order valence-electron chi connectivity index (χ0n) is 9.25. The first-order valence-corrected chi connectivity index (χ1v) is 5.38. The lowest BCUT2D eigenvalue weighted by Crippen LogP contribution is -2.25. The van der Waals surface area contributed by atoms with E-state index < -0.39 is 0 Å². The van der Waals surface area contributed by atoms with Gasteiger partial charge in [0, 0.05) is 19.1 Å². The first-order chi connectivity index (χ1) is 7.22. The van der Waals surface area contributed by atoms with Gasteiger partial charge in [-0.2, -0.15) is 0 Å². The minimum atomic E-state index is 0.220. The molecule has 0 aromatic heterocycles. The van der Waals surface area contributed by atoms with E-state index in [9.17, 15) is 5.11 Å². The zero-order valence-corrected chi connectivity index (χ0v) is 9.25. The fourth-order valence-corrected chi connectivity index (χ4v) is 2.02. The molecule has 1 aliphatic rings. The predicted molar refractivity (Wildman–Crippen MR) is 60.4 cm³/mol. The van der Waals surface area contributed by atoms with Crippen LogP contribution in [0, 0.1) is 19.8 Å². The highest BCUT2D eigenvalue weighted by molar-refractivity contribution is 5.32. The summed E-state index contributed by atoms with van der Waals surface area (Å²) in [5, 5.41) is 9.24. The summed E-state index contributed by atoms with van der Waals surface area (Å²) in [6.07, 6.45) is 0.